The van der Waals surface area contributed by atoms with Crippen LogP contribution < -0.4 is 5.32 Å². The van der Waals surface area contributed by atoms with Crippen LogP contribution in [0.2, 0.25) is 0 Å². The molecule has 116 valence electrons. The predicted molar refractivity (Wildman–Crippen MR) is 76.3 cm³/mol. The van der Waals surface area contributed by atoms with E-state index in [-0.39, 0.29) is 18.4 Å². The van der Waals surface area contributed by atoms with Gasteiger partial charge in [-0.05, 0) is 25.7 Å². The van der Waals surface area contributed by atoms with Crippen LogP contribution in [0, 0.1) is 5.92 Å². The predicted octanol–water partition coefficient (Wildman–Crippen LogP) is 2.08. The summed E-state index contributed by atoms with van der Waals surface area (Å²) in [5.74, 6) is -1.55. The van der Waals surface area contributed by atoms with Crippen molar-refractivity contribution in [1.82, 2.24) is 5.32 Å². The number of hydrogen-bond donors (Lipinski definition) is 3. The minimum atomic E-state index is -0.953. The number of carbonyl (C=O) groups excluding carboxylic acids is 1. The largest absolute Gasteiger partial charge is 0.481 e. The molecular formula is C15H27NO4. The molecule has 0 radical (unpaired) electrons. The van der Waals surface area contributed by atoms with Gasteiger partial charge in [-0.3, -0.25) is 9.59 Å². The van der Waals surface area contributed by atoms with E-state index in [1.807, 2.05) is 13.8 Å². The van der Waals surface area contributed by atoms with Gasteiger partial charge in [0.25, 0.3) is 0 Å². The van der Waals surface area contributed by atoms with E-state index < -0.39 is 17.5 Å². The molecule has 0 aromatic rings. The summed E-state index contributed by atoms with van der Waals surface area (Å²) >= 11 is 0. The number of carboxylic acid groups (broad SMARTS) is 1. The molecule has 1 fully saturated rings. The number of hydrogen-bond acceptors (Lipinski definition) is 3. The van der Waals surface area contributed by atoms with E-state index in [0.717, 1.165) is 19.3 Å². The van der Waals surface area contributed by atoms with Gasteiger partial charge in [0, 0.05) is 6.04 Å². The summed E-state index contributed by atoms with van der Waals surface area (Å²) in [6.45, 7) is 3.96. The van der Waals surface area contributed by atoms with E-state index in [1.165, 1.54) is 0 Å². The first-order chi connectivity index (χ1) is 9.41. The van der Waals surface area contributed by atoms with Crippen molar-refractivity contribution in [3.63, 3.8) is 0 Å². The van der Waals surface area contributed by atoms with E-state index in [0.29, 0.717) is 25.7 Å². The van der Waals surface area contributed by atoms with Crippen molar-refractivity contribution in [2.24, 2.45) is 5.92 Å². The number of carboxylic acids is 1. The lowest BCUT2D eigenvalue weighted by molar-refractivity contribution is -0.142. The standard InChI is InChI=1S/C15H27NO4/c1-3-8-15(20,9-4-2)10-13(17)16-12-7-5-6-11(12)14(18)19/h11-12,20H,3-10H2,1-2H3,(H,16,17)(H,18,19)/t11-,12+/m0/s1. The van der Waals surface area contributed by atoms with Crippen LogP contribution in [-0.2, 0) is 9.59 Å². The quantitative estimate of drug-likeness (QED) is 0.637. The fraction of sp³-hybridized carbons (Fsp3) is 0.867. The fourth-order valence-electron chi connectivity index (χ4n) is 3.22. The lowest BCUT2D eigenvalue weighted by Crippen LogP contribution is -2.44. The van der Waals surface area contributed by atoms with Crippen LogP contribution in [0.4, 0.5) is 0 Å². The highest BCUT2D eigenvalue weighted by atomic mass is 16.4. The van der Waals surface area contributed by atoms with Crippen molar-refractivity contribution in [3.8, 4) is 0 Å². The molecule has 0 aromatic heterocycles. The second-order valence-corrected chi connectivity index (χ2v) is 5.95. The Hall–Kier alpha value is -1.10. The summed E-state index contributed by atoms with van der Waals surface area (Å²) in [5.41, 5.74) is -0.953. The first-order valence-electron chi connectivity index (χ1n) is 7.66. The Bertz CT molecular complexity index is 337. The van der Waals surface area contributed by atoms with Gasteiger partial charge in [0.2, 0.25) is 5.91 Å². The monoisotopic (exact) mass is 285 g/mol. The van der Waals surface area contributed by atoms with E-state index in [2.05, 4.69) is 5.32 Å². The molecule has 1 aliphatic rings. The molecule has 0 saturated heterocycles. The average Bonchev–Trinajstić information content (AvgIpc) is 2.76. The van der Waals surface area contributed by atoms with Crippen LogP contribution >= 0.6 is 0 Å². The zero-order valence-electron chi connectivity index (χ0n) is 12.5. The van der Waals surface area contributed by atoms with Crippen molar-refractivity contribution in [2.45, 2.75) is 76.9 Å². The second kappa shape index (κ2) is 7.62. The minimum absolute atomic E-state index is 0.0670. The fourth-order valence-corrected chi connectivity index (χ4v) is 3.22. The van der Waals surface area contributed by atoms with Crippen molar-refractivity contribution in [3.05, 3.63) is 0 Å². The third-order valence-corrected chi connectivity index (χ3v) is 4.10. The molecule has 2 atom stereocenters. The maximum atomic E-state index is 12.1. The summed E-state index contributed by atoms with van der Waals surface area (Å²) in [6.07, 6.45) is 5.07. The maximum Gasteiger partial charge on any atom is 0.308 e. The Balaban J connectivity index is 2.55. The summed E-state index contributed by atoms with van der Waals surface area (Å²) < 4.78 is 0. The zero-order valence-corrected chi connectivity index (χ0v) is 12.5. The number of aliphatic hydroxyl groups is 1. The SMILES string of the molecule is CCCC(O)(CCC)CC(=O)N[C@@H]1CCC[C@@H]1C(=O)O. The molecule has 5 nitrogen and oxygen atoms in total. The van der Waals surface area contributed by atoms with Crippen LogP contribution in [0.15, 0.2) is 0 Å². The van der Waals surface area contributed by atoms with Gasteiger partial charge in [0.1, 0.15) is 0 Å². The highest BCUT2D eigenvalue weighted by Crippen LogP contribution is 2.27. The zero-order chi connectivity index (χ0) is 15.2. The molecule has 0 heterocycles. The molecule has 20 heavy (non-hydrogen) atoms. The van der Waals surface area contributed by atoms with Gasteiger partial charge in [0.15, 0.2) is 0 Å². The Labute approximate surface area is 120 Å². The summed E-state index contributed by atoms with van der Waals surface area (Å²) in [5, 5.41) is 22.4. The summed E-state index contributed by atoms with van der Waals surface area (Å²) in [7, 11) is 0. The van der Waals surface area contributed by atoms with Gasteiger partial charge in [-0.25, -0.2) is 0 Å². The van der Waals surface area contributed by atoms with Gasteiger partial charge in [-0.1, -0.05) is 33.1 Å². The van der Waals surface area contributed by atoms with Gasteiger partial charge in [0.05, 0.1) is 17.9 Å². The van der Waals surface area contributed by atoms with Crippen molar-refractivity contribution in [2.75, 3.05) is 0 Å². The Morgan fingerprint density at radius 1 is 1.20 bits per heavy atom. The van der Waals surface area contributed by atoms with Crippen LogP contribution in [0.25, 0.3) is 0 Å². The Kier molecular flexibility index (Phi) is 6.46. The maximum absolute atomic E-state index is 12.1. The topological polar surface area (TPSA) is 86.6 Å². The summed E-state index contributed by atoms with van der Waals surface area (Å²) in [6, 6.07) is -0.285. The Morgan fingerprint density at radius 2 is 1.80 bits per heavy atom. The van der Waals surface area contributed by atoms with Crippen molar-refractivity contribution in [1.29, 1.82) is 0 Å². The molecular weight excluding hydrogens is 258 g/mol. The highest BCUT2D eigenvalue weighted by Gasteiger charge is 2.35. The van der Waals surface area contributed by atoms with E-state index in [9.17, 15) is 14.7 Å². The lowest BCUT2D eigenvalue weighted by atomic mass is 9.89. The van der Waals surface area contributed by atoms with E-state index in [4.69, 9.17) is 5.11 Å². The van der Waals surface area contributed by atoms with Gasteiger partial charge in [-0.15, -0.1) is 0 Å². The van der Waals surface area contributed by atoms with Crippen LogP contribution in [-0.4, -0.2) is 33.7 Å². The molecule has 1 amide bonds. The third-order valence-electron chi connectivity index (χ3n) is 4.10. The minimum Gasteiger partial charge on any atom is -0.481 e. The molecule has 1 rings (SSSR count). The van der Waals surface area contributed by atoms with Gasteiger partial charge < -0.3 is 15.5 Å². The average molecular weight is 285 g/mol. The first-order valence-corrected chi connectivity index (χ1v) is 7.66. The first kappa shape index (κ1) is 17.0. The number of amides is 1. The lowest BCUT2D eigenvalue weighted by Gasteiger charge is -2.28. The number of rotatable bonds is 8. The normalized spacial score (nSPS) is 22.8. The molecule has 1 saturated carbocycles. The number of nitrogens with one attached hydrogen (secondary N) is 1. The molecule has 0 spiro atoms. The van der Waals surface area contributed by atoms with Crippen LogP contribution in [0.1, 0.15) is 65.2 Å². The number of carbonyl (C=O) groups is 2. The molecule has 0 aliphatic heterocycles. The van der Waals surface area contributed by atoms with Crippen molar-refractivity contribution < 1.29 is 19.8 Å². The Morgan fingerprint density at radius 3 is 2.30 bits per heavy atom. The molecule has 0 unspecified atom stereocenters. The highest BCUT2D eigenvalue weighted by molar-refractivity contribution is 5.79. The van der Waals surface area contributed by atoms with E-state index >= 15 is 0 Å². The molecule has 0 bridgehead atoms. The smallest absolute Gasteiger partial charge is 0.308 e. The summed E-state index contributed by atoms with van der Waals surface area (Å²) in [4.78, 5) is 23.2. The molecule has 1 aliphatic carbocycles. The van der Waals surface area contributed by atoms with E-state index in [1.54, 1.807) is 0 Å². The van der Waals surface area contributed by atoms with Gasteiger partial charge in [-0.2, -0.15) is 0 Å². The number of aliphatic carboxylic acids is 1. The van der Waals surface area contributed by atoms with Crippen LogP contribution in [0.3, 0.4) is 0 Å². The second-order valence-electron chi connectivity index (χ2n) is 5.95. The van der Waals surface area contributed by atoms with Crippen LogP contribution in [0.5, 0.6) is 0 Å². The molecule has 0 aromatic carbocycles. The molecule has 3 N–H and O–H groups in total. The van der Waals surface area contributed by atoms with Crippen molar-refractivity contribution >= 4 is 11.9 Å². The molecule has 5 heteroatoms. The third kappa shape index (κ3) is 4.78. The van der Waals surface area contributed by atoms with Gasteiger partial charge >= 0.3 is 5.97 Å².